The van der Waals surface area contributed by atoms with Gasteiger partial charge in [-0.1, -0.05) is 6.07 Å². The van der Waals surface area contributed by atoms with Crippen molar-refractivity contribution in [2.75, 3.05) is 95.7 Å². The van der Waals surface area contributed by atoms with Crippen LogP contribution in [0.5, 0.6) is 0 Å². The SMILES string of the molecule is C=S(=O)(CC(F)(F)F)N1CCC(c2c[nH]c3cc(F)ccc23)CC1.C=S(=O)(CCOC)N1CCC(c2c[nH]c3cc(F)ccc23)CC1.C=S(=O)(c1cnn(C)c1)N1CCC(c2c[nH]c3cc(F)ccc23)CC1.C=S(C)(=O)N1CCC(C2CNc3cc(F)ccc32)CC1. The van der Waals surface area contributed by atoms with Crippen LogP contribution in [-0.4, -0.2) is 179 Å². The highest BCUT2D eigenvalue weighted by atomic mass is 32.2. The summed E-state index contributed by atoms with van der Waals surface area (Å²) in [4.78, 5) is 10.0. The Morgan fingerprint density at radius 1 is 0.565 bits per heavy atom. The minimum Gasteiger partial charge on any atom is -0.384 e. The van der Waals surface area contributed by atoms with E-state index in [1.54, 1.807) is 48.6 Å². The number of piperidine rings is 4. The average Bonchev–Trinajstić information content (AvgIpc) is 1.61. The van der Waals surface area contributed by atoms with E-state index in [1.165, 1.54) is 57.4 Å². The molecule has 5 aliphatic rings. The first-order chi connectivity index (χ1) is 43.6. The molecule has 0 bridgehead atoms. The van der Waals surface area contributed by atoms with E-state index < -0.39 is 50.8 Å². The first kappa shape index (κ1) is 68.8. The number of H-pyrrole nitrogens is 3. The molecule has 4 aromatic carbocycles. The van der Waals surface area contributed by atoms with Gasteiger partial charge >= 0.3 is 6.18 Å². The standard InChI is InChI=1S/C18H21FN4OS.C17H23FN2O2S.C16H18F4N2OS.C15H21FN2OS/c1-22-12-15(10-21-22)25(2,24)23-7-5-13(6-8-23)17-11-20-18-9-14(19)3-4-16(17)18;1-22-9-10-23(2,21)20-7-5-13(6-8-20)16-12-19-17-11-14(18)3-4-15(16)17;1-24(23,10-16(18,19)20)22-6-4-11(5-7-22)14-9-21-15-8-12(17)2-3-13(14)15;1-20(2,19)18-7-5-11(6-8-18)14-10-17-15-9-12(16)3-4-13(14)15/h3-4,9-13,20H,2,5-8H2,1H3;3-4,11-13,19H,2,5-10H2,1H3;2-3,8-9,11,21H,1,4-7,10H2;3-4,9,11,14,17H,1,5-8,10H2,2H3. The minimum atomic E-state index is -4.49. The van der Waals surface area contributed by atoms with Gasteiger partial charge in [0, 0.05) is 178 Å². The summed E-state index contributed by atoms with van der Waals surface area (Å²) in [6.07, 6.45) is 13.3. The fourth-order valence-corrected chi connectivity index (χ4v) is 19.4. The smallest absolute Gasteiger partial charge is 0.384 e. The van der Waals surface area contributed by atoms with Crippen LogP contribution >= 0.6 is 0 Å². The maximum Gasteiger partial charge on any atom is 0.401 e. The fraction of sp³-hybridized carbons (Fsp3) is 0.439. The van der Waals surface area contributed by atoms with Gasteiger partial charge < -0.3 is 25.0 Å². The van der Waals surface area contributed by atoms with Crippen LogP contribution in [0, 0.1) is 29.2 Å². The van der Waals surface area contributed by atoms with E-state index in [-0.39, 0.29) is 29.2 Å². The lowest BCUT2D eigenvalue weighted by atomic mass is 9.81. The molecule has 0 aliphatic carbocycles. The highest BCUT2D eigenvalue weighted by Crippen LogP contribution is 2.42. The van der Waals surface area contributed by atoms with Gasteiger partial charge in [0.05, 0.1) is 33.2 Å². The van der Waals surface area contributed by atoms with Crippen LogP contribution in [0.1, 0.15) is 97.3 Å². The Bertz CT molecular complexity index is 4330. The normalized spacial score (nSPS) is 21.3. The zero-order chi connectivity index (χ0) is 65.9. The molecule has 4 fully saturated rings. The summed E-state index contributed by atoms with van der Waals surface area (Å²) in [6, 6.07) is 19.3. The van der Waals surface area contributed by atoms with E-state index in [0.717, 1.165) is 123 Å². The van der Waals surface area contributed by atoms with Crippen molar-refractivity contribution in [3.63, 3.8) is 0 Å². The van der Waals surface area contributed by atoms with Gasteiger partial charge in [0.25, 0.3) is 0 Å². The monoisotopic (exact) mass is 1360 g/mol. The molecule has 4 N–H and O–H groups in total. The lowest BCUT2D eigenvalue weighted by Gasteiger charge is -2.35. The summed E-state index contributed by atoms with van der Waals surface area (Å²) in [7, 11) is -6.70. The number of anilines is 1. The fourth-order valence-electron chi connectivity index (χ4n) is 13.7. The second-order valence-electron chi connectivity index (χ2n) is 24.8. The van der Waals surface area contributed by atoms with E-state index in [9.17, 15) is 47.6 Å². The van der Waals surface area contributed by atoms with E-state index in [2.05, 4.69) is 48.8 Å². The van der Waals surface area contributed by atoms with Gasteiger partial charge in [0.1, 0.15) is 29.0 Å². The van der Waals surface area contributed by atoms with Crippen molar-refractivity contribution in [2.45, 2.75) is 86.1 Å². The van der Waals surface area contributed by atoms with Gasteiger partial charge in [-0.2, -0.15) is 18.3 Å². The molecule has 15 nitrogen and oxygen atoms in total. The van der Waals surface area contributed by atoms with Crippen molar-refractivity contribution in [2.24, 2.45) is 13.0 Å². The number of rotatable bonds is 13. The van der Waals surface area contributed by atoms with Gasteiger partial charge in [-0.05, 0) is 188 Å². The number of alkyl halides is 3. The Hall–Kier alpha value is -6.10. The molecule has 0 radical (unpaired) electrons. The lowest BCUT2D eigenvalue weighted by molar-refractivity contribution is -0.106. The highest BCUT2D eigenvalue weighted by molar-refractivity contribution is 7.99. The maximum atomic E-state index is 13.4. The molecule has 0 amide bonds. The summed E-state index contributed by atoms with van der Waals surface area (Å²) in [5, 5.41) is 10.5. The van der Waals surface area contributed by atoms with Gasteiger partial charge in [-0.3, -0.25) is 17.3 Å². The number of aromatic nitrogens is 5. The Balaban J connectivity index is 0.000000135. The molecule has 26 heteroatoms. The molecule has 5 aliphatic heterocycles. The van der Waals surface area contributed by atoms with Crippen LogP contribution in [0.3, 0.4) is 0 Å². The van der Waals surface area contributed by atoms with Gasteiger partial charge in [-0.25, -0.2) is 39.0 Å². The van der Waals surface area contributed by atoms with Crippen LogP contribution in [0.2, 0.25) is 0 Å². The minimum absolute atomic E-state index is 0.140. The van der Waals surface area contributed by atoms with E-state index >= 15 is 0 Å². The maximum absolute atomic E-state index is 13.4. The zero-order valence-corrected chi connectivity index (χ0v) is 55.4. The lowest BCUT2D eigenvalue weighted by Crippen LogP contribution is -2.42. The first-order valence-corrected chi connectivity index (χ1v) is 38.3. The van der Waals surface area contributed by atoms with Crippen LogP contribution in [0.25, 0.3) is 32.7 Å². The topological polar surface area (TPSA) is 168 Å². The molecular weight excluding hydrogens is 1270 g/mol. The predicted molar refractivity (Wildman–Crippen MR) is 363 cm³/mol. The number of aromatic amines is 3. The van der Waals surface area contributed by atoms with Crippen molar-refractivity contribution < 1.29 is 52.3 Å². The predicted octanol–water partition coefficient (Wildman–Crippen LogP) is 11.7. The molecule has 92 heavy (non-hydrogen) atoms. The number of fused-ring (bicyclic) bond motifs is 4. The molecule has 13 rings (SSSR count). The third-order valence-electron chi connectivity index (χ3n) is 18.7. The Kier molecular flexibility index (Phi) is 21.3. The van der Waals surface area contributed by atoms with Crippen molar-refractivity contribution in [1.29, 1.82) is 0 Å². The van der Waals surface area contributed by atoms with E-state index in [4.69, 9.17) is 4.74 Å². The summed E-state index contributed by atoms with van der Waals surface area (Å²) in [5.74, 6) is 15.0. The molecule has 9 heterocycles. The molecule has 0 saturated carbocycles. The Morgan fingerprint density at radius 3 is 1.39 bits per heavy atom. The molecule has 0 spiro atoms. The van der Waals surface area contributed by atoms with E-state index in [0.29, 0.717) is 72.4 Å². The van der Waals surface area contributed by atoms with Crippen LogP contribution < -0.4 is 5.32 Å². The van der Waals surface area contributed by atoms with E-state index in [1.807, 2.05) is 56.8 Å². The van der Waals surface area contributed by atoms with Crippen molar-refractivity contribution >= 4 is 101 Å². The largest absolute Gasteiger partial charge is 0.401 e. The molecule has 5 unspecified atom stereocenters. The number of halogens is 7. The summed E-state index contributed by atoms with van der Waals surface area (Å²) in [5.41, 5.74) is 8.00. The van der Waals surface area contributed by atoms with Crippen molar-refractivity contribution in [1.82, 2.24) is 42.0 Å². The number of hydrogen-bond acceptors (Lipinski definition) is 7. The Labute approximate surface area is 536 Å². The third kappa shape index (κ3) is 16.3. The molecule has 8 aromatic rings. The van der Waals surface area contributed by atoms with Gasteiger partial charge in [0.2, 0.25) is 0 Å². The second kappa shape index (κ2) is 28.5. The van der Waals surface area contributed by atoms with Crippen LogP contribution in [0.4, 0.5) is 36.4 Å². The first-order valence-electron chi connectivity index (χ1n) is 30.8. The average molecular weight is 1360 g/mol. The number of ether oxygens (including phenoxy) is 1. The molecule has 4 aromatic heterocycles. The molecule has 500 valence electrons. The number of benzene rings is 4. The van der Waals surface area contributed by atoms with Crippen molar-refractivity contribution in [3.8, 4) is 0 Å². The number of hydrogen-bond donors (Lipinski definition) is 4. The number of nitrogens with one attached hydrogen (secondary N) is 4. The highest BCUT2D eigenvalue weighted by Gasteiger charge is 2.37. The quantitative estimate of drug-likeness (QED) is 0.0658. The third-order valence-corrected chi connectivity index (χ3v) is 26.5. The van der Waals surface area contributed by atoms with Crippen LogP contribution in [-0.2, 0) is 50.6 Å². The Morgan fingerprint density at radius 2 is 0.978 bits per heavy atom. The number of aryl methyl sites for hydroxylation is 1. The zero-order valence-electron chi connectivity index (χ0n) is 52.2. The number of methoxy groups -OCH3 is 1. The molecular formula is C66H83F7N10O5S4. The summed E-state index contributed by atoms with van der Waals surface area (Å²) < 4.78 is 155. The van der Waals surface area contributed by atoms with Gasteiger partial charge in [-0.15, -0.1) is 0 Å². The number of nitrogens with zero attached hydrogens (tertiary/aromatic N) is 6. The summed E-state index contributed by atoms with van der Waals surface area (Å²) in [6.45, 7) is 6.62. The van der Waals surface area contributed by atoms with Gasteiger partial charge in [0.15, 0.2) is 0 Å². The van der Waals surface area contributed by atoms with Crippen molar-refractivity contribution in [3.05, 3.63) is 149 Å². The van der Waals surface area contributed by atoms with Crippen LogP contribution in [0.15, 0.2) is 109 Å². The molecule has 5 atom stereocenters. The molecule has 4 saturated heterocycles. The summed E-state index contributed by atoms with van der Waals surface area (Å²) >= 11 is 0. The second-order valence-corrected chi connectivity index (χ2v) is 34.4.